The minimum Gasteiger partial charge on any atom is -0.483 e. The van der Waals surface area contributed by atoms with Gasteiger partial charge in [0.15, 0.2) is 12.9 Å². The van der Waals surface area contributed by atoms with Crippen LogP contribution in [0.2, 0.25) is 0 Å². The quantitative estimate of drug-likeness (QED) is 0.738. The Kier molecular flexibility index (Phi) is 4.21. The number of nitrogens with two attached hydrogens (primary N) is 1. The molecule has 0 unspecified atom stereocenters. The second kappa shape index (κ2) is 5.64. The van der Waals surface area contributed by atoms with Crippen LogP contribution in [0.4, 0.5) is 4.79 Å². The maximum absolute atomic E-state index is 11.1. The van der Waals surface area contributed by atoms with Gasteiger partial charge in [-0.1, -0.05) is 12.1 Å². The number of amides is 3. The van der Waals surface area contributed by atoms with Gasteiger partial charge in [-0.3, -0.25) is 14.9 Å². The molecule has 0 aromatic heterocycles. The van der Waals surface area contributed by atoms with Gasteiger partial charge in [-0.05, 0) is 18.6 Å². The Labute approximate surface area is 97.7 Å². The molecule has 0 aliphatic rings. The number of hydrogen-bond acceptors (Lipinski definition) is 4. The van der Waals surface area contributed by atoms with E-state index in [-0.39, 0.29) is 6.61 Å². The Bertz CT molecular complexity index is 457. The van der Waals surface area contributed by atoms with Crippen LogP contribution >= 0.6 is 0 Å². The third kappa shape index (κ3) is 3.60. The topological polar surface area (TPSA) is 98.5 Å². The van der Waals surface area contributed by atoms with E-state index < -0.39 is 11.9 Å². The number of imide groups is 1. The molecule has 0 heterocycles. The van der Waals surface area contributed by atoms with Crippen molar-refractivity contribution in [1.29, 1.82) is 0 Å². The van der Waals surface area contributed by atoms with E-state index in [1.807, 2.05) is 5.32 Å². The Morgan fingerprint density at radius 2 is 2.18 bits per heavy atom. The van der Waals surface area contributed by atoms with E-state index in [4.69, 9.17) is 10.5 Å². The van der Waals surface area contributed by atoms with Crippen molar-refractivity contribution in [3.8, 4) is 5.75 Å². The highest BCUT2D eigenvalue weighted by Gasteiger charge is 2.09. The fraction of sp³-hybridized carbons (Fsp3) is 0.182. The molecule has 6 nitrogen and oxygen atoms in total. The van der Waals surface area contributed by atoms with Crippen molar-refractivity contribution in [3.63, 3.8) is 0 Å². The molecular weight excluding hydrogens is 224 g/mol. The van der Waals surface area contributed by atoms with Crippen molar-refractivity contribution in [3.05, 3.63) is 29.3 Å². The number of carbonyl (C=O) groups is 3. The number of primary amides is 1. The van der Waals surface area contributed by atoms with Gasteiger partial charge in [-0.15, -0.1) is 0 Å². The number of hydrogen-bond donors (Lipinski definition) is 2. The molecule has 0 atom stereocenters. The van der Waals surface area contributed by atoms with Gasteiger partial charge in [0.05, 0.1) is 5.56 Å². The summed E-state index contributed by atoms with van der Waals surface area (Å²) in [7, 11) is 0. The predicted octanol–water partition coefficient (Wildman–Crippen LogP) is 0.381. The van der Waals surface area contributed by atoms with Gasteiger partial charge in [0, 0.05) is 0 Å². The number of carbonyl (C=O) groups excluding carboxylic acids is 3. The summed E-state index contributed by atoms with van der Waals surface area (Å²) in [5, 5.41) is 1.86. The number of para-hydroxylation sites is 1. The number of aryl methyl sites for hydroxylation is 1. The Balaban J connectivity index is 2.72. The fourth-order valence-corrected chi connectivity index (χ4v) is 1.28. The fourth-order valence-electron chi connectivity index (χ4n) is 1.28. The zero-order chi connectivity index (χ0) is 12.8. The molecule has 17 heavy (non-hydrogen) atoms. The molecule has 0 spiro atoms. The summed E-state index contributed by atoms with van der Waals surface area (Å²) in [5.74, 6) is -0.347. The molecule has 3 N–H and O–H groups in total. The zero-order valence-corrected chi connectivity index (χ0v) is 9.23. The maximum Gasteiger partial charge on any atom is 0.318 e. The normalized spacial score (nSPS) is 9.47. The van der Waals surface area contributed by atoms with E-state index in [2.05, 4.69) is 0 Å². The lowest BCUT2D eigenvalue weighted by Crippen LogP contribution is -2.38. The third-order valence-corrected chi connectivity index (χ3v) is 1.98. The Morgan fingerprint density at radius 1 is 1.47 bits per heavy atom. The molecular formula is C11H12N2O4. The Hall–Kier alpha value is -2.37. The summed E-state index contributed by atoms with van der Waals surface area (Å²) in [4.78, 5) is 32.2. The second-order valence-electron chi connectivity index (χ2n) is 3.31. The van der Waals surface area contributed by atoms with Gasteiger partial charge in [-0.2, -0.15) is 0 Å². The molecule has 3 amide bonds. The van der Waals surface area contributed by atoms with Crippen molar-refractivity contribution in [2.75, 3.05) is 6.61 Å². The SMILES string of the molecule is Cc1cccc(C=O)c1OCC(=O)NC(N)=O. The van der Waals surface area contributed by atoms with E-state index in [1.165, 1.54) is 0 Å². The molecule has 1 aromatic rings. The van der Waals surface area contributed by atoms with Gasteiger partial charge in [0.2, 0.25) is 0 Å². The van der Waals surface area contributed by atoms with Gasteiger partial charge in [0.25, 0.3) is 5.91 Å². The van der Waals surface area contributed by atoms with E-state index >= 15 is 0 Å². The molecule has 6 heteroatoms. The van der Waals surface area contributed by atoms with Crippen LogP contribution in [0.5, 0.6) is 5.75 Å². The summed E-state index contributed by atoms with van der Waals surface area (Å²) in [6.07, 6.45) is 0.633. The van der Waals surface area contributed by atoms with Crippen molar-refractivity contribution in [1.82, 2.24) is 5.32 Å². The zero-order valence-electron chi connectivity index (χ0n) is 9.23. The van der Waals surface area contributed by atoms with Crippen molar-refractivity contribution in [2.24, 2.45) is 5.73 Å². The van der Waals surface area contributed by atoms with Gasteiger partial charge < -0.3 is 10.5 Å². The first kappa shape index (κ1) is 12.7. The average molecular weight is 236 g/mol. The minimum absolute atomic E-state index is 0.321. The van der Waals surface area contributed by atoms with E-state index in [0.29, 0.717) is 17.6 Å². The van der Waals surface area contributed by atoms with Crippen molar-refractivity contribution in [2.45, 2.75) is 6.92 Å². The smallest absolute Gasteiger partial charge is 0.318 e. The van der Waals surface area contributed by atoms with Crippen LogP contribution in [0, 0.1) is 6.92 Å². The van der Waals surface area contributed by atoms with Gasteiger partial charge in [-0.25, -0.2) is 4.79 Å². The average Bonchev–Trinajstić information content (AvgIpc) is 2.26. The minimum atomic E-state index is -0.945. The van der Waals surface area contributed by atoms with Crippen LogP contribution in [-0.2, 0) is 4.79 Å². The standard InChI is InChI=1S/C11H12N2O4/c1-7-3-2-4-8(5-14)10(7)17-6-9(15)13-11(12)16/h2-5H,6H2,1H3,(H3,12,13,15,16). The number of urea groups is 1. The highest BCUT2D eigenvalue weighted by Crippen LogP contribution is 2.21. The van der Waals surface area contributed by atoms with Crippen LogP contribution in [-0.4, -0.2) is 24.8 Å². The molecule has 0 bridgehead atoms. The van der Waals surface area contributed by atoms with Crippen LogP contribution in [0.1, 0.15) is 15.9 Å². The summed E-state index contributed by atoms with van der Waals surface area (Å²) in [5.41, 5.74) is 5.83. The number of benzene rings is 1. The second-order valence-corrected chi connectivity index (χ2v) is 3.31. The van der Waals surface area contributed by atoms with Gasteiger partial charge >= 0.3 is 6.03 Å². The van der Waals surface area contributed by atoms with Gasteiger partial charge in [0.1, 0.15) is 5.75 Å². The monoisotopic (exact) mass is 236 g/mol. The molecule has 0 aliphatic carbocycles. The largest absolute Gasteiger partial charge is 0.483 e. The summed E-state index contributed by atoms with van der Waals surface area (Å²) >= 11 is 0. The lowest BCUT2D eigenvalue weighted by atomic mass is 10.1. The predicted molar refractivity (Wildman–Crippen MR) is 59.8 cm³/mol. The number of ether oxygens (including phenoxy) is 1. The van der Waals surface area contributed by atoms with Crippen LogP contribution in [0.15, 0.2) is 18.2 Å². The molecule has 90 valence electrons. The summed E-state index contributed by atoms with van der Waals surface area (Å²) in [6.45, 7) is 1.36. The highest BCUT2D eigenvalue weighted by molar-refractivity contribution is 5.94. The first-order valence-electron chi connectivity index (χ1n) is 4.81. The highest BCUT2D eigenvalue weighted by atomic mass is 16.5. The number of aldehydes is 1. The van der Waals surface area contributed by atoms with Crippen LogP contribution < -0.4 is 15.8 Å². The first-order valence-corrected chi connectivity index (χ1v) is 4.81. The molecule has 0 fully saturated rings. The van der Waals surface area contributed by atoms with Crippen LogP contribution in [0.3, 0.4) is 0 Å². The van der Waals surface area contributed by atoms with E-state index in [1.54, 1.807) is 25.1 Å². The molecule has 1 aromatic carbocycles. The molecule has 0 saturated heterocycles. The number of rotatable bonds is 4. The van der Waals surface area contributed by atoms with E-state index in [0.717, 1.165) is 5.56 Å². The summed E-state index contributed by atoms with van der Waals surface area (Å²) < 4.78 is 5.17. The number of nitrogens with one attached hydrogen (secondary N) is 1. The maximum atomic E-state index is 11.1. The summed E-state index contributed by atoms with van der Waals surface area (Å²) in [6, 6.07) is 4.07. The van der Waals surface area contributed by atoms with Crippen molar-refractivity contribution < 1.29 is 19.1 Å². The molecule has 0 aliphatic heterocycles. The Morgan fingerprint density at radius 3 is 2.76 bits per heavy atom. The van der Waals surface area contributed by atoms with E-state index in [9.17, 15) is 14.4 Å². The lowest BCUT2D eigenvalue weighted by Gasteiger charge is -2.10. The molecule has 0 radical (unpaired) electrons. The van der Waals surface area contributed by atoms with Crippen LogP contribution in [0.25, 0.3) is 0 Å². The molecule has 0 saturated carbocycles. The van der Waals surface area contributed by atoms with Crippen molar-refractivity contribution >= 4 is 18.2 Å². The molecule has 1 rings (SSSR count). The first-order chi connectivity index (χ1) is 8.04. The third-order valence-electron chi connectivity index (χ3n) is 1.98. The lowest BCUT2D eigenvalue weighted by molar-refractivity contribution is -0.121.